The molecule has 184 valence electrons. The minimum Gasteiger partial charge on any atom is -0.324 e. The van der Waals surface area contributed by atoms with Gasteiger partial charge in [-0.25, -0.2) is 8.42 Å². The summed E-state index contributed by atoms with van der Waals surface area (Å²) in [5.74, 6) is -0.710. The molecular weight excluding hydrogens is 484 g/mol. The maximum atomic E-state index is 13.0. The molecule has 3 aromatic rings. The Bertz CT molecular complexity index is 1330. The van der Waals surface area contributed by atoms with Gasteiger partial charge in [0.1, 0.15) is 6.04 Å². The van der Waals surface area contributed by atoms with E-state index in [1.807, 2.05) is 12.1 Å². The highest BCUT2D eigenvalue weighted by Gasteiger charge is 2.29. The van der Waals surface area contributed by atoms with Crippen LogP contribution in [0.2, 0.25) is 5.02 Å². The van der Waals surface area contributed by atoms with Crippen LogP contribution >= 0.6 is 11.6 Å². The zero-order chi connectivity index (χ0) is 26.0. The van der Waals surface area contributed by atoms with Crippen molar-refractivity contribution in [2.75, 3.05) is 15.9 Å². The average molecular weight is 513 g/mol. The zero-order valence-electron chi connectivity index (χ0n) is 20.4. The van der Waals surface area contributed by atoms with Gasteiger partial charge in [-0.2, -0.15) is 0 Å². The Kier molecular flexibility index (Phi) is 7.72. The molecule has 0 aromatic heterocycles. The Morgan fingerprint density at radius 3 is 2.06 bits per heavy atom. The SMILES string of the molecule is CC(C(=O)Nc1cccc(C(=O)c2ccc(C(C)(C)C)cc2)c1)N(c1ccc(Cl)cc1)S(C)(=O)=O. The second kappa shape index (κ2) is 10.2. The Hall–Kier alpha value is -3.16. The molecule has 1 atom stereocenters. The van der Waals surface area contributed by atoms with E-state index in [-0.39, 0.29) is 11.2 Å². The summed E-state index contributed by atoms with van der Waals surface area (Å²) < 4.78 is 26.0. The van der Waals surface area contributed by atoms with Gasteiger partial charge in [0.25, 0.3) is 0 Å². The molecule has 3 rings (SSSR count). The number of carbonyl (C=O) groups excluding carboxylic acids is 2. The van der Waals surface area contributed by atoms with E-state index in [0.717, 1.165) is 16.1 Å². The normalized spacial score (nSPS) is 12.6. The number of halogens is 1. The number of hydrogen-bond acceptors (Lipinski definition) is 4. The summed E-state index contributed by atoms with van der Waals surface area (Å²) >= 11 is 5.92. The van der Waals surface area contributed by atoms with E-state index < -0.39 is 22.0 Å². The number of rotatable bonds is 7. The van der Waals surface area contributed by atoms with Crippen LogP contribution in [0.3, 0.4) is 0 Å². The van der Waals surface area contributed by atoms with E-state index in [1.54, 1.807) is 48.5 Å². The molecule has 0 radical (unpaired) electrons. The van der Waals surface area contributed by atoms with E-state index in [9.17, 15) is 18.0 Å². The second-order valence-corrected chi connectivity index (χ2v) is 11.7. The number of nitrogens with zero attached hydrogens (tertiary/aromatic N) is 1. The van der Waals surface area contributed by atoms with Crippen molar-refractivity contribution in [1.29, 1.82) is 0 Å². The number of benzene rings is 3. The van der Waals surface area contributed by atoms with Gasteiger partial charge in [0.15, 0.2) is 5.78 Å². The van der Waals surface area contributed by atoms with Crippen molar-refractivity contribution in [3.05, 3.63) is 94.5 Å². The average Bonchev–Trinajstić information content (AvgIpc) is 2.78. The molecule has 0 saturated heterocycles. The molecule has 1 unspecified atom stereocenters. The molecule has 3 aromatic carbocycles. The largest absolute Gasteiger partial charge is 0.324 e. The number of amides is 1. The molecular formula is C27H29ClN2O4S. The number of hydrogen-bond donors (Lipinski definition) is 1. The molecule has 0 aliphatic heterocycles. The highest BCUT2D eigenvalue weighted by atomic mass is 35.5. The van der Waals surface area contributed by atoms with E-state index in [0.29, 0.717) is 27.5 Å². The van der Waals surface area contributed by atoms with Crippen molar-refractivity contribution in [1.82, 2.24) is 0 Å². The maximum absolute atomic E-state index is 13.0. The van der Waals surface area contributed by atoms with Gasteiger partial charge in [0, 0.05) is 21.8 Å². The first kappa shape index (κ1) is 26.4. The van der Waals surface area contributed by atoms with Gasteiger partial charge in [0.05, 0.1) is 11.9 Å². The Balaban J connectivity index is 1.81. The number of ketones is 1. The minimum absolute atomic E-state index is 0.0195. The Morgan fingerprint density at radius 2 is 1.51 bits per heavy atom. The smallest absolute Gasteiger partial charge is 0.247 e. The Labute approximate surface area is 212 Å². The van der Waals surface area contributed by atoms with E-state index in [1.165, 1.54) is 19.1 Å². The molecule has 6 nitrogen and oxygen atoms in total. The van der Waals surface area contributed by atoms with Crippen LogP contribution < -0.4 is 9.62 Å². The Morgan fingerprint density at radius 1 is 0.914 bits per heavy atom. The van der Waals surface area contributed by atoms with Gasteiger partial charge < -0.3 is 5.32 Å². The van der Waals surface area contributed by atoms with E-state index >= 15 is 0 Å². The van der Waals surface area contributed by atoms with Crippen molar-refractivity contribution < 1.29 is 18.0 Å². The van der Waals surface area contributed by atoms with Crippen molar-refractivity contribution >= 4 is 44.7 Å². The third kappa shape index (κ3) is 6.50. The van der Waals surface area contributed by atoms with Crippen LogP contribution in [-0.2, 0) is 20.2 Å². The van der Waals surface area contributed by atoms with Crippen molar-refractivity contribution in [3.63, 3.8) is 0 Å². The van der Waals surface area contributed by atoms with Crippen LogP contribution in [-0.4, -0.2) is 32.4 Å². The quantitative estimate of drug-likeness (QED) is 0.414. The molecule has 8 heteroatoms. The number of nitrogens with one attached hydrogen (secondary N) is 1. The van der Waals surface area contributed by atoms with Crippen LogP contribution in [0.25, 0.3) is 0 Å². The number of sulfonamides is 1. The summed E-state index contributed by atoms with van der Waals surface area (Å²) in [6.07, 6.45) is 1.04. The lowest BCUT2D eigenvalue weighted by Crippen LogP contribution is -2.45. The molecule has 0 fully saturated rings. The lowest BCUT2D eigenvalue weighted by Gasteiger charge is -2.28. The summed E-state index contributed by atoms with van der Waals surface area (Å²) in [7, 11) is -3.76. The minimum atomic E-state index is -3.76. The first-order valence-corrected chi connectivity index (χ1v) is 13.3. The lowest BCUT2D eigenvalue weighted by atomic mass is 9.86. The summed E-state index contributed by atoms with van der Waals surface area (Å²) in [5, 5.41) is 3.18. The highest BCUT2D eigenvalue weighted by Crippen LogP contribution is 2.25. The fourth-order valence-corrected chi connectivity index (χ4v) is 4.97. The fourth-order valence-electron chi connectivity index (χ4n) is 3.67. The molecule has 0 aliphatic rings. The molecule has 0 bridgehead atoms. The molecule has 0 aliphatic carbocycles. The summed E-state index contributed by atoms with van der Waals surface area (Å²) in [6.45, 7) is 7.81. The monoisotopic (exact) mass is 512 g/mol. The number of anilines is 2. The van der Waals surface area contributed by atoms with Gasteiger partial charge in [-0.05, 0) is 54.3 Å². The first-order valence-electron chi connectivity index (χ1n) is 11.1. The van der Waals surface area contributed by atoms with Crippen molar-refractivity contribution in [2.24, 2.45) is 0 Å². The van der Waals surface area contributed by atoms with Gasteiger partial charge in [-0.3, -0.25) is 13.9 Å². The van der Waals surface area contributed by atoms with Crippen LogP contribution in [0.4, 0.5) is 11.4 Å². The summed E-state index contributed by atoms with van der Waals surface area (Å²) in [5.41, 5.74) is 2.78. The van der Waals surface area contributed by atoms with Crippen LogP contribution in [0.5, 0.6) is 0 Å². The standard InChI is InChI=1S/C27H29ClN2O4S/c1-18(30(35(5,33)34)24-15-13-22(28)14-16-24)26(32)29-23-8-6-7-20(17-23)25(31)19-9-11-21(12-10-19)27(2,3)4/h6-18H,1-5H3,(H,29,32). The molecule has 35 heavy (non-hydrogen) atoms. The highest BCUT2D eigenvalue weighted by molar-refractivity contribution is 7.92. The topological polar surface area (TPSA) is 83.6 Å². The molecule has 0 spiro atoms. The summed E-state index contributed by atoms with van der Waals surface area (Å²) in [6, 6.07) is 19.2. The molecule has 0 heterocycles. The molecule has 0 saturated carbocycles. The van der Waals surface area contributed by atoms with Crippen LogP contribution in [0.15, 0.2) is 72.8 Å². The molecule has 1 N–H and O–H groups in total. The second-order valence-electron chi connectivity index (χ2n) is 9.44. The van der Waals surface area contributed by atoms with Gasteiger partial charge >= 0.3 is 0 Å². The van der Waals surface area contributed by atoms with E-state index in [2.05, 4.69) is 26.1 Å². The maximum Gasteiger partial charge on any atom is 0.247 e. The third-order valence-corrected chi connectivity index (χ3v) is 7.07. The van der Waals surface area contributed by atoms with Crippen molar-refractivity contribution in [3.8, 4) is 0 Å². The zero-order valence-corrected chi connectivity index (χ0v) is 21.9. The number of carbonyl (C=O) groups is 2. The lowest BCUT2D eigenvalue weighted by molar-refractivity contribution is -0.116. The predicted octanol–water partition coefficient (Wildman–Crippen LogP) is 5.66. The van der Waals surface area contributed by atoms with Gasteiger partial charge in [0.2, 0.25) is 15.9 Å². The van der Waals surface area contributed by atoms with Gasteiger partial charge in [-0.15, -0.1) is 0 Å². The van der Waals surface area contributed by atoms with Crippen molar-refractivity contribution in [2.45, 2.75) is 39.2 Å². The van der Waals surface area contributed by atoms with E-state index in [4.69, 9.17) is 11.6 Å². The first-order chi connectivity index (χ1) is 16.3. The van der Waals surface area contributed by atoms with Crippen LogP contribution in [0, 0.1) is 0 Å². The van der Waals surface area contributed by atoms with Crippen LogP contribution in [0.1, 0.15) is 49.2 Å². The fraction of sp³-hybridized carbons (Fsp3) is 0.259. The summed E-state index contributed by atoms with van der Waals surface area (Å²) in [4.78, 5) is 26.0. The predicted molar refractivity (Wildman–Crippen MR) is 142 cm³/mol. The third-order valence-electron chi connectivity index (χ3n) is 5.58. The molecule has 1 amide bonds. The van der Waals surface area contributed by atoms with Gasteiger partial charge in [-0.1, -0.05) is 68.8 Å².